The Morgan fingerprint density at radius 1 is 1.28 bits per heavy atom. The van der Waals surface area contributed by atoms with E-state index in [0.29, 0.717) is 6.42 Å². The van der Waals surface area contributed by atoms with E-state index < -0.39 is 0 Å². The summed E-state index contributed by atoms with van der Waals surface area (Å²) in [6.45, 7) is 4.13. The summed E-state index contributed by atoms with van der Waals surface area (Å²) in [6, 6.07) is 4.02. The molecule has 0 aliphatic heterocycles. The molecule has 0 amide bonds. The number of aryl methyl sites for hydroxylation is 2. The zero-order valence-corrected chi connectivity index (χ0v) is 10.7. The van der Waals surface area contributed by atoms with Crippen molar-refractivity contribution in [3.8, 4) is 5.69 Å². The van der Waals surface area contributed by atoms with Crippen molar-refractivity contribution in [2.45, 2.75) is 33.1 Å². The van der Waals surface area contributed by atoms with Gasteiger partial charge in [-0.2, -0.15) is 0 Å². The highest BCUT2D eigenvalue weighted by molar-refractivity contribution is 5.98. The average molecular weight is 240 g/mol. The molecule has 3 heteroatoms. The Balaban J connectivity index is 2.25. The predicted octanol–water partition coefficient (Wildman–Crippen LogP) is 3.01. The van der Waals surface area contributed by atoms with Gasteiger partial charge < -0.3 is 4.57 Å². The molecule has 2 aromatic heterocycles. The first-order chi connectivity index (χ1) is 8.68. The van der Waals surface area contributed by atoms with Crippen LogP contribution in [0.3, 0.4) is 0 Å². The van der Waals surface area contributed by atoms with Crippen LogP contribution >= 0.6 is 0 Å². The van der Waals surface area contributed by atoms with E-state index in [1.54, 1.807) is 6.20 Å². The van der Waals surface area contributed by atoms with Gasteiger partial charge >= 0.3 is 0 Å². The number of nitrogens with zero attached hydrogens (tertiary/aromatic N) is 2. The Bertz CT molecular complexity index is 625. The number of aromatic nitrogens is 2. The molecular formula is C15H16N2O. The number of pyridine rings is 1. The minimum absolute atomic E-state index is 0.277. The fourth-order valence-corrected chi connectivity index (χ4v) is 2.75. The van der Waals surface area contributed by atoms with Crippen LogP contribution in [-0.4, -0.2) is 15.3 Å². The summed E-state index contributed by atoms with van der Waals surface area (Å²) >= 11 is 0. The van der Waals surface area contributed by atoms with Crippen LogP contribution in [0.15, 0.2) is 24.5 Å². The van der Waals surface area contributed by atoms with Crippen LogP contribution < -0.4 is 0 Å². The molecule has 3 nitrogen and oxygen atoms in total. The Labute approximate surface area is 106 Å². The normalized spacial score (nSPS) is 14.7. The first-order valence-electron chi connectivity index (χ1n) is 6.34. The van der Waals surface area contributed by atoms with Crippen molar-refractivity contribution in [2.75, 3.05) is 0 Å². The third kappa shape index (κ3) is 1.58. The van der Waals surface area contributed by atoms with Crippen molar-refractivity contribution < 1.29 is 4.79 Å². The molecule has 0 spiro atoms. The third-order valence-corrected chi connectivity index (χ3v) is 3.66. The van der Waals surface area contributed by atoms with E-state index in [-0.39, 0.29) is 5.78 Å². The van der Waals surface area contributed by atoms with E-state index in [9.17, 15) is 4.79 Å². The molecule has 92 valence electrons. The third-order valence-electron chi connectivity index (χ3n) is 3.66. The number of hydrogen-bond donors (Lipinski definition) is 0. The zero-order valence-electron chi connectivity index (χ0n) is 10.7. The second-order valence-corrected chi connectivity index (χ2v) is 4.92. The number of rotatable bonds is 1. The molecule has 0 aromatic carbocycles. The maximum absolute atomic E-state index is 11.9. The van der Waals surface area contributed by atoms with Gasteiger partial charge in [0.2, 0.25) is 0 Å². The van der Waals surface area contributed by atoms with E-state index in [2.05, 4.69) is 23.4 Å². The van der Waals surface area contributed by atoms with Gasteiger partial charge in [-0.3, -0.25) is 9.78 Å². The van der Waals surface area contributed by atoms with Crippen molar-refractivity contribution in [2.24, 2.45) is 0 Å². The summed E-state index contributed by atoms with van der Waals surface area (Å²) in [7, 11) is 0. The van der Waals surface area contributed by atoms with Gasteiger partial charge in [0.25, 0.3) is 0 Å². The van der Waals surface area contributed by atoms with Crippen LogP contribution in [-0.2, 0) is 6.42 Å². The van der Waals surface area contributed by atoms with Crippen molar-refractivity contribution >= 4 is 5.78 Å². The van der Waals surface area contributed by atoms with Gasteiger partial charge in [0.15, 0.2) is 5.78 Å². The van der Waals surface area contributed by atoms with E-state index in [1.807, 2.05) is 18.3 Å². The van der Waals surface area contributed by atoms with Gasteiger partial charge in [0, 0.05) is 29.6 Å². The standard InChI is InChI=1S/C15H16N2O/c1-10-6-7-16-9-14(10)17-11(2)8-12-13(17)4-3-5-15(12)18/h6-9H,3-5H2,1-2H3. The lowest BCUT2D eigenvalue weighted by Crippen LogP contribution is -2.13. The molecule has 3 rings (SSSR count). The van der Waals surface area contributed by atoms with Crippen molar-refractivity contribution in [3.05, 3.63) is 47.0 Å². The minimum atomic E-state index is 0.277. The first kappa shape index (κ1) is 11.2. The summed E-state index contributed by atoms with van der Waals surface area (Å²) in [6.07, 6.45) is 6.29. The quantitative estimate of drug-likeness (QED) is 0.768. The molecule has 1 aliphatic carbocycles. The molecule has 18 heavy (non-hydrogen) atoms. The fourth-order valence-electron chi connectivity index (χ4n) is 2.75. The number of Topliss-reactive ketones (excluding diaryl/α,β-unsaturated/α-hetero) is 1. The molecule has 0 radical (unpaired) electrons. The highest BCUT2D eigenvalue weighted by Crippen LogP contribution is 2.28. The van der Waals surface area contributed by atoms with Gasteiger partial charge in [-0.1, -0.05) is 0 Å². The smallest absolute Gasteiger partial charge is 0.164 e. The lowest BCUT2D eigenvalue weighted by atomic mass is 9.96. The first-order valence-corrected chi connectivity index (χ1v) is 6.34. The molecular weight excluding hydrogens is 224 g/mol. The van der Waals surface area contributed by atoms with Gasteiger partial charge in [0.1, 0.15) is 0 Å². The highest BCUT2D eigenvalue weighted by atomic mass is 16.1. The minimum Gasteiger partial charge on any atom is -0.316 e. The summed E-state index contributed by atoms with van der Waals surface area (Å²) < 4.78 is 2.19. The molecule has 0 unspecified atom stereocenters. The maximum atomic E-state index is 11.9. The second kappa shape index (κ2) is 4.09. The molecule has 2 aromatic rings. The van der Waals surface area contributed by atoms with Crippen molar-refractivity contribution in [1.82, 2.24) is 9.55 Å². The average Bonchev–Trinajstić information content (AvgIpc) is 2.68. The number of carbonyl (C=O) groups is 1. The van der Waals surface area contributed by atoms with Crippen LogP contribution in [0.1, 0.15) is 40.2 Å². The Kier molecular flexibility index (Phi) is 2.54. The maximum Gasteiger partial charge on any atom is 0.164 e. The van der Waals surface area contributed by atoms with Gasteiger partial charge in [-0.15, -0.1) is 0 Å². The Morgan fingerprint density at radius 3 is 2.89 bits per heavy atom. The Morgan fingerprint density at radius 2 is 2.11 bits per heavy atom. The van der Waals surface area contributed by atoms with Crippen LogP contribution in [0.5, 0.6) is 0 Å². The summed E-state index contributed by atoms with van der Waals surface area (Å²) in [5.41, 5.74) is 5.45. The topological polar surface area (TPSA) is 34.9 Å². The van der Waals surface area contributed by atoms with E-state index in [4.69, 9.17) is 0 Å². The zero-order chi connectivity index (χ0) is 12.7. The van der Waals surface area contributed by atoms with Gasteiger partial charge in [-0.05, 0) is 44.4 Å². The van der Waals surface area contributed by atoms with Gasteiger partial charge in [0.05, 0.1) is 11.9 Å². The Hall–Kier alpha value is -1.90. The molecule has 1 aliphatic rings. The molecule has 0 saturated carbocycles. The summed E-state index contributed by atoms with van der Waals surface area (Å²) in [5.74, 6) is 0.277. The molecule has 0 atom stereocenters. The lowest BCUT2D eigenvalue weighted by molar-refractivity contribution is 0.0972. The monoisotopic (exact) mass is 240 g/mol. The van der Waals surface area contributed by atoms with Gasteiger partial charge in [-0.25, -0.2) is 0 Å². The van der Waals surface area contributed by atoms with E-state index >= 15 is 0 Å². The van der Waals surface area contributed by atoms with Crippen LogP contribution in [0.2, 0.25) is 0 Å². The molecule has 0 bridgehead atoms. The molecule has 2 heterocycles. The molecule has 0 fully saturated rings. The second-order valence-electron chi connectivity index (χ2n) is 4.92. The predicted molar refractivity (Wildman–Crippen MR) is 70.3 cm³/mol. The largest absolute Gasteiger partial charge is 0.316 e. The number of fused-ring (bicyclic) bond motifs is 1. The fraction of sp³-hybridized carbons (Fsp3) is 0.333. The van der Waals surface area contributed by atoms with Crippen molar-refractivity contribution in [3.63, 3.8) is 0 Å². The van der Waals surface area contributed by atoms with E-state index in [1.165, 1.54) is 5.56 Å². The summed E-state index contributed by atoms with van der Waals surface area (Å²) in [4.78, 5) is 16.1. The van der Waals surface area contributed by atoms with Crippen LogP contribution in [0.25, 0.3) is 5.69 Å². The molecule has 0 saturated heterocycles. The lowest BCUT2D eigenvalue weighted by Gasteiger charge is -2.17. The van der Waals surface area contributed by atoms with E-state index in [0.717, 1.165) is 35.5 Å². The highest BCUT2D eigenvalue weighted by Gasteiger charge is 2.23. The van der Waals surface area contributed by atoms with Crippen LogP contribution in [0.4, 0.5) is 0 Å². The summed E-state index contributed by atoms with van der Waals surface area (Å²) in [5, 5.41) is 0. The van der Waals surface area contributed by atoms with Crippen LogP contribution in [0, 0.1) is 13.8 Å². The van der Waals surface area contributed by atoms with Crippen molar-refractivity contribution in [1.29, 1.82) is 0 Å². The molecule has 0 N–H and O–H groups in total. The number of ketones is 1. The number of hydrogen-bond acceptors (Lipinski definition) is 2. The SMILES string of the molecule is Cc1ccncc1-n1c(C)cc2c1CCCC2=O. The number of carbonyl (C=O) groups excluding carboxylic acids is 1.